The topological polar surface area (TPSA) is 58.2 Å². The van der Waals surface area contributed by atoms with Crippen molar-refractivity contribution in [2.75, 3.05) is 6.80 Å². The summed E-state index contributed by atoms with van der Waals surface area (Å²) in [5.74, 6) is -0.615. The molecule has 0 saturated heterocycles. The van der Waals surface area contributed by atoms with Gasteiger partial charge >= 0.3 is 6.03 Å². The summed E-state index contributed by atoms with van der Waals surface area (Å²) in [6.45, 7) is 3.72. The number of carbonyl (C=O) groups excluding carboxylic acids is 2. The Hall–Kier alpha value is -1.39. The average molecular weight is 160 g/mol. The molecule has 0 bridgehead atoms. The second-order valence-corrected chi connectivity index (χ2v) is 1.87. The number of hydrogen-bond donors (Lipinski definition) is 2. The summed E-state index contributed by atoms with van der Waals surface area (Å²) in [5.41, 5.74) is 0.194. The average Bonchev–Trinajstić information content (AvgIpc) is 1.87. The van der Waals surface area contributed by atoms with E-state index in [0.29, 0.717) is 0 Å². The molecule has 0 aliphatic rings. The second kappa shape index (κ2) is 4.43. The van der Waals surface area contributed by atoms with Crippen LogP contribution in [0.2, 0.25) is 0 Å². The number of carbonyl (C=O) groups is 2. The van der Waals surface area contributed by atoms with Crippen molar-refractivity contribution >= 4 is 11.9 Å². The highest BCUT2D eigenvalue weighted by Gasteiger charge is 2.05. The Kier molecular flexibility index (Phi) is 3.87. The fraction of sp³-hybridized carbons (Fsp3) is 0.333. The number of imide groups is 1. The van der Waals surface area contributed by atoms with E-state index in [4.69, 9.17) is 0 Å². The molecule has 0 heterocycles. The van der Waals surface area contributed by atoms with E-state index in [9.17, 15) is 14.0 Å². The van der Waals surface area contributed by atoms with Crippen LogP contribution in [0.5, 0.6) is 0 Å². The van der Waals surface area contributed by atoms with Crippen molar-refractivity contribution in [1.29, 1.82) is 0 Å². The summed E-state index contributed by atoms with van der Waals surface area (Å²) < 4.78 is 11.4. The van der Waals surface area contributed by atoms with Gasteiger partial charge in [0.15, 0.2) is 6.80 Å². The fourth-order valence-electron chi connectivity index (χ4n) is 0.315. The summed E-state index contributed by atoms with van der Waals surface area (Å²) in [6.07, 6.45) is 0. The van der Waals surface area contributed by atoms with Crippen LogP contribution < -0.4 is 10.6 Å². The smallest absolute Gasteiger partial charge is 0.310 e. The Morgan fingerprint density at radius 2 is 2.09 bits per heavy atom. The molecule has 2 N–H and O–H groups in total. The van der Waals surface area contributed by atoms with E-state index in [0.717, 1.165) is 0 Å². The summed E-state index contributed by atoms with van der Waals surface area (Å²) in [4.78, 5) is 21.1. The lowest BCUT2D eigenvalue weighted by atomic mass is 10.3. The molecule has 0 spiro atoms. The van der Waals surface area contributed by atoms with Crippen LogP contribution in [-0.4, -0.2) is 18.7 Å². The van der Waals surface area contributed by atoms with Gasteiger partial charge in [0.1, 0.15) is 0 Å². The van der Waals surface area contributed by atoms with E-state index in [-0.39, 0.29) is 5.57 Å². The van der Waals surface area contributed by atoms with E-state index in [1.807, 2.05) is 5.32 Å². The highest BCUT2D eigenvalue weighted by molar-refractivity contribution is 6.02. The molecule has 3 amide bonds. The molecule has 0 saturated carbocycles. The van der Waals surface area contributed by atoms with Crippen LogP contribution in [0.4, 0.5) is 9.18 Å². The predicted octanol–water partition coefficient (Wildman–Crippen LogP) is 0.315. The predicted molar refractivity (Wildman–Crippen MR) is 37.5 cm³/mol. The molecule has 0 atom stereocenters. The van der Waals surface area contributed by atoms with Gasteiger partial charge in [-0.1, -0.05) is 6.58 Å². The Morgan fingerprint density at radius 3 is 2.45 bits per heavy atom. The number of halogens is 1. The van der Waals surface area contributed by atoms with Crippen LogP contribution in [0.1, 0.15) is 6.92 Å². The Morgan fingerprint density at radius 1 is 1.55 bits per heavy atom. The van der Waals surface area contributed by atoms with Gasteiger partial charge in [-0.05, 0) is 6.92 Å². The minimum absolute atomic E-state index is 0.194. The third-order valence-electron chi connectivity index (χ3n) is 0.842. The maximum Gasteiger partial charge on any atom is 0.323 e. The molecule has 11 heavy (non-hydrogen) atoms. The quantitative estimate of drug-likeness (QED) is 0.451. The summed E-state index contributed by atoms with van der Waals surface area (Å²) >= 11 is 0. The van der Waals surface area contributed by atoms with Crippen molar-refractivity contribution in [3.8, 4) is 0 Å². The second-order valence-electron chi connectivity index (χ2n) is 1.87. The molecule has 0 aromatic carbocycles. The highest BCUT2D eigenvalue weighted by atomic mass is 19.1. The molecule has 0 unspecified atom stereocenters. The summed E-state index contributed by atoms with van der Waals surface area (Å²) in [7, 11) is 0. The molecule has 0 aliphatic carbocycles. The standard InChI is InChI=1S/C6H9FN2O2/c1-4(2)5(10)9-6(11)8-3-7/h1,3H2,2H3,(H2,8,9,10,11). The van der Waals surface area contributed by atoms with Crippen LogP contribution >= 0.6 is 0 Å². The van der Waals surface area contributed by atoms with Crippen molar-refractivity contribution in [3.63, 3.8) is 0 Å². The molecule has 0 rings (SSSR count). The van der Waals surface area contributed by atoms with E-state index in [1.54, 1.807) is 5.32 Å². The third-order valence-corrected chi connectivity index (χ3v) is 0.842. The van der Waals surface area contributed by atoms with E-state index < -0.39 is 18.7 Å². The van der Waals surface area contributed by atoms with Crippen molar-refractivity contribution in [2.24, 2.45) is 0 Å². The van der Waals surface area contributed by atoms with Crippen LogP contribution in [0.15, 0.2) is 12.2 Å². The van der Waals surface area contributed by atoms with Crippen LogP contribution in [0.25, 0.3) is 0 Å². The fourth-order valence-corrected chi connectivity index (χ4v) is 0.315. The zero-order valence-corrected chi connectivity index (χ0v) is 6.11. The SMILES string of the molecule is C=C(C)C(=O)NC(=O)NCF. The number of urea groups is 1. The minimum atomic E-state index is -1.00. The molecular weight excluding hydrogens is 151 g/mol. The lowest BCUT2D eigenvalue weighted by molar-refractivity contribution is -0.116. The van der Waals surface area contributed by atoms with Gasteiger partial charge in [0.05, 0.1) is 0 Å². The highest BCUT2D eigenvalue weighted by Crippen LogP contribution is 1.84. The molecule has 0 aromatic heterocycles. The Balaban J connectivity index is 3.76. The maximum absolute atomic E-state index is 11.4. The number of hydrogen-bond acceptors (Lipinski definition) is 2. The minimum Gasteiger partial charge on any atom is -0.310 e. The maximum atomic E-state index is 11.4. The first-order chi connectivity index (χ1) is 5.07. The van der Waals surface area contributed by atoms with Gasteiger partial charge in [0.25, 0.3) is 5.91 Å². The van der Waals surface area contributed by atoms with Crippen molar-refractivity contribution in [2.45, 2.75) is 6.92 Å². The first-order valence-corrected chi connectivity index (χ1v) is 2.88. The normalized spacial score (nSPS) is 8.55. The van der Waals surface area contributed by atoms with E-state index in [2.05, 4.69) is 6.58 Å². The van der Waals surface area contributed by atoms with Crippen LogP contribution in [-0.2, 0) is 4.79 Å². The van der Waals surface area contributed by atoms with Crippen molar-refractivity contribution < 1.29 is 14.0 Å². The van der Waals surface area contributed by atoms with Gasteiger partial charge < -0.3 is 5.32 Å². The molecule has 62 valence electrons. The monoisotopic (exact) mass is 160 g/mol. The first kappa shape index (κ1) is 9.61. The van der Waals surface area contributed by atoms with Crippen LogP contribution in [0.3, 0.4) is 0 Å². The Labute approximate surface area is 63.5 Å². The van der Waals surface area contributed by atoms with Gasteiger partial charge in [-0.15, -0.1) is 0 Å². The van der Waals surface area contributed by atoms with Gasteiger partial charge in [-0.25, -0.2) is 9.18 Å². The zero-order valence-electron chi connectivity index (χ0n) is 6.11. The lowest BCUT2D eigenvalue weighted by Gasteiger charge is -2.01. The van der Waals surface area contributed by atoms with Crippen molar-refractivity contribution in [1.82, 2.24) is 10.6 Å². The first-order valence-electron chi connectivity index (χ1n) is 2.88. The molecule has 0 fully saturated rings. The van der Waals surface area contributed by atoms with Gasteiger partial charge in [0.2, 0.25) is 0 Å². The van der Waals surface area contributed by atoms with Crippen LogP contribution in [0, 0.1) is 0 Å². The molecule has 0 aliphatic heterocycles. The zero-order chi connectivity index (χ0) is 8.85. The number of rotatable bonds is 2. The van der Waals surface area contributed by atoms with Gasteiger partial charge in [0, 0.05) is 5.57 Å². The summed E-state index contributed by atoms with van der Waals surface area (Å²) in [6, 6.07) is -0.861. The molecule has 0 radical (unpaired) electrons. The number of amides is 3. The van der Waals surface area contributed by atoms with Crippen molar-refractivity contribution in [3.05, 3.63) is 12.2 Å². The number of nitrogens with one attached hydrogen (secondary N) is 2. The van der Waals surface area contributed by atoms with Gasteiger partial charge in [-0.2, -0.15) is 0 Å². The van der Waals surface area contributed by atoms with E-state index >= 15 is 0 Å². The largest absolute Gasteiger partial charge is 0.323 e. The third kappa shape index (κ3) is 4.07. The Bertz CT molecular complexity index is 191. The van der Waals surface area contributed by atoms with Gasteiger partial charge in [-0.3, -0.25) is 10.1 Å². The summed E-state index contributed by atoms with van der Waals surface area (Å²) in [5, 5.41) is 3.60. The molecule has 0 aromatic rings. The lowest BCUT2D eigenvalue weighted by Crippen LogP contribution is -2.39. The molecule has 4 nitrogen and oxygen atoms in total. The van der Waals surface area contributed by atoms with E-state index in [1.165, 1.54) is 6.92 Å². The number of alkyl halides is 1. The molecule has 5 heteroatoms. The molecular formula is C6H9FN2O2.